The van der Waals surface area contributed by atoms with Gasteiger partial charge in [0.25, 0.3) is 0 Å². The fourth-order valence-corrected chi connectivity index (χ4v) is 2.90. The van der Waals surface area contributed by atoms with E-state index in [9.17, 15) is 0 Å². The number of anilines is 1. The van der Waals surface area contributed by atoms with Crippen LogP contribution in [0.5, 0.6) is 0 Å². The largest absolute Gasteiger partial charge is 0.334 e. The van der Waals surface area contributed by atoms with Crippen LogP contribution in [0.3, 0.4) is 0 Å². The molecule has 0 spiro atoms. The van der Waals surface area contributed by atoms with Crippen LogP contribution in [0.25, 0.3) is 0 Å². The smallest absolute Gasteiger partial charge is 0.177 e. The zero-order chi connectivity index (χ0) is 13.3. The molecule has 0 radical (unpaired) electrons. The molecular weight excluding hydrogens is 272 g/mol. The van der Waals surface area contributed by atoms with E-state index in [2.05, 4.69) is 17.2 Å². The van der Waals surface area contributed by atoms with Gasteiger partial charge in [-0.05, 0) is 35.1 Å². The fourth-order valence-electron chi connectivity index (χ4n) is 1.45. The van der Waals surface area contributed by atoms with E-state index in [4.69, 9.17) is 0 Å². The molecule has 0 amide bonds. The number of benzene rings is 2. The molecule has 98 valence electrons. The first kappa shape index (κ1) is 14.0. The van der Waals surface area contributed by atoms with E-state index in [1.54, 1.807) is 21.6 Å². The summed E-state index contributed by atoms with van der Waals surface area (Å²) in [5, 5.41) is 4.26. The highest BCUT2D eigenvalue weighted by Crippen LogP contribution is 2.26. The predicted molar refractivity (Wildman–Crippen MR) is 89.3 cm³/mol. The molecule has 0 aliphatic heterocycles. The number of nitrogens with zero attached hydrogens (tertiary/aromatic N) is 1. The van der Waals surface area contributed by atoms with Crippen molar-refractivity contribution in [3.63, 3.8) is 0 Å². The van der Waals surface area contributed by atoms with Crippen LogP contribution in [0.1, 0.15) is 6.92 Å². The predicted octanol–water partition coefficient (Wildman–Crippen LogP) is 5.19. The molecule has 0 saturated carbocycles. The second kappa shape index (κ2) is 7.92. The molecule has 2 aromatic rings. The first-order chi connectivity index (χ1) is 9.38. The Hall–Kier alpha value is -1.39. The molecule has 0 unspecified atom stereocenters. The molecule has 0 fully saturated rings. The SMILES string of the molecule is CCSSC(=Nc1ccccc1)Nc1ccccc1. The van der Waals surface area contributed by atoms with Crippen molar-refractivity contribution >= 4 is 38.1 Å². The fraction of sp³-hybridized carbons (Fsp3) is 0.133. The van der Waals surface area contributed by atoms with Crippen molar-refractivity contribution in [3.8, 4) is 0 Å². The molecular formula is C15H16N2S2. The number of rotatable bonds is 4. The van der Waals surface area contributed by atoms with Crippen molar-refractivity contribution < 1.29 is 0 Å². The molecule has 4 heteroatoms. The second-order valence-corrected chi connectivity index (χ2v) is 6.31. The number of hydrogen-bond donors (Lipinski definition) is 1. The molecule has 0 aliphatic carbocycles. The maximum Gasteiger partial charge on any atom is 0.177 e. The lowest BCUT2D eigenvalue weighted by molar-refractivity contribution is 1.51. The number of hydrogen-bond acceptors (Lipinski definition) is 3. The van der Waals surface area contributed by atoms with Crippen LogP contribution >= 0.6 is 21.6 Å². The van der Waals surface area contributed by atoms with Gasteiger partial charge in [0.2, 0.25) is 0 Å². The van der Waals surface area contributed by atoms with Gasteiger partial charge in [-0.1, -0.05) is 54.1 Å². The van der Waals surface area contributed by atoms with Crippen molar-refractivity contribution in [2.75, 3.05) is 11.1 Å². The summed E-state index contributed by atoms with van der Waals surface area (Å²) in [5.41, 5.74) is 2.02. The lowest BCUT2D eigenvalue weighted by Crippen LogP contribution is -2.06. The summed E-state index contributed by atoms with van der Waals surface area (Å²) < 4.78 is 0. The maximum absolute atomic E-state index is 4.64. The Morgan fingerprint density at radius 1 is 1.00 bits per heavy atom. The Labute approximate surface area is 122 Å². The third-order valence-electron chi connectivity index (χ3n) is 2.27. The average molecular weight is 288 g/mol. The number of amidine groups is 1. The van der Waals surface area contributed by atoms with Gasteiger partial charge in [0.1, 0.15) is 0 Å². The Morgan fingerprint density at radius 2 is 1.63 bits per heavy atom. The van der Waals surface area contributed by atoms with Crippen LogP contribution in [-0.2, 0) is 0 Å². The number of aliphatic imine (C=N–C) groups is 1. The summed E-state index contributed by atoms with van der Waals surface area (Å²) in [6.45, 7) is 2.14. The molecule has 2 nitrogen and oxygen atoms in total. The Kier molecular flexibility index (Phi) is 5.85. The monoisotopic (exact) mass is 288 g/mol. The molecule has 0 aliphatic rings. The van der Waals surface area contributed by atoms with Crippen LogP contribution < -0.4 is 5.32 Å². The minimum atomic E-state index is 0.907. The van der Waals surface area contributed by atoms with E-state index in [-0.39, 0.29) is 0 Å². The van der Waals surface area contributed by atoms with Crippen LogP contribution in [0.2, 0.25) is 0 Å². The van der Waals surface area contributed by atoms with Gasteiger partial charge in [0, 0.05) is 11.4 Å². The highest BCUT2D eigenvalue weighted by atomic mass is 33.1. The third kappa shape index (κ3) is 5.01. The molecule has 0 bridgehead atoms. The van der Waals surface area contributed by atoms with E-state index < -0.39 is 0 Å². The Balaban J connectivity index is 2.14. The van der Waals surface area contributed by atoms with Gasteiger partial charge in [-0.25, -0.2) is 4.99 Å². The van der Waals surface area contributed by atoms with E-state index in [1.807, 2.05) is 60.7 Å². The van der Waals surface area contributed by atoms with Gasteiger partial charge in [0.15, 0.2) is 5.17 Å². The zero-order valence-corrected chi connectivity index (χ0v) is 12.4. The molecule has 0 saturated heterocycles. The van der Waals surface area contributed by atoms with Crippen LogP contribution in [0.4, 0.5) is 11.4 Å². The van der Waals surface area contributed by atoms with E-state index in [1.165, 1.54) is 0 Å². The topological polar surface area (TPSA) is 24.4 Å². The van der Waals surface area contributed by atoms with E-state index >= 15 is 0 Å². The van der Waals surface area contributed by atoms with Crippen molar-refractivity contribution in [1.29, 1.82) is 0 Å². The van der Waals surface area contributed by atoms with Gasteiger partial charge in [-0.3, -0.25) is 0 Å². The highest BCUT2D eigenvalue weighted by Gasteiger charge is 2.02. The molecule has 2 aromatic carbocycles. The van der Waals surface area contributed by atoms with Gasteiger partial charge in [0.05, 0.1) is 5.69 Å². The van der Waals surface area contributed by atoms with Crippen molar-refractivity contribution in [3.05, 3.63) is 60.7 Å². The quantitative estimate of drug-likeness (QED) is 0.476. The lowest BCUT2D eigenvalue weighted by Gasteiger charge is -2.08. The number of nitrogens with one attached hydrogen (secondary N) is 1. The molecule has 2 rings (SSSR count). The van der Waals surface area contributed by atoms with Gasteiger partial charge in [-0.15, -0.1) is 0 Å². The van der Waals surface area contributed by atoms with Crippen molar-refractivity contribution in [1.82, 2.24) is 0 Å². The summed E-state index contributed by atoms with van der Waals surface area (Å²) in [6.07, 6.45) is 0. The Morgan fingerprint density at radius 3 is 2.26 bits per heavy atom. The van der Waals surface area contributed by atoms with E-state index in [0.29, 0.717) is 0 Å². The van der Waals surface area contributed by atoms with Crippen LogP contribution in [0.15, 0.2) is 65.7 Å². The van der Waals surface area contributed by atoms with Gasteiger partial charge in [-0.2, -0.15) is 0 Å². The summed E-state index contributed by atoms with van der Waals surface area (Å²) >= 11 is 0. The van der Waals surface area contributed by atoms with E-state index in [0.717, 1.165) is 22.3 Å². The normalized spacial score (nSPS) is 11.3. The van der Waals surface area contributed by atoms with Crippen molar-refractivity contribution in [2.24, 2.45) is 4.99 Å². The molecule has 0 aromatic heterocycles. The Bertz CT molecular complexity index is 512. The summed E-state index contributed by atoms with van der Waals surface area (Å²) in [7, 11) is 3.44. The number of para-hydroxylation sites is 2. The molecule has 0 atom stereocenters. The first-order valence-electron chi connectivity index (χ1n) is 6.14. The standard InChI is InChI=1S/C15H16N2S2/c1-2-18-19-15(16-13-9-5-3-6-10-13)17-14-11-7-4-8-12-14/h3-12H,2H2,1H3,(H,16,17). The van der Waals surface area contributed by atoms with Gasteiger partial charge >= 0.3 is 0 Å². The third-order valence-corrected chi connectivity index (χ3v) is 4.51. The second-order valence-electron chi connectivity index (χ2n) is 3.73. The highest BCUT2D eigenvalue weighted by molar-refractivity contribution is 8.82. The van der Waals surface area contributed by atoms with Crippen molar-refractivity contribution in [2.45, 2.75) is 6.92 Å². The molecule has 0 heterocycles. The maximum atomic E-state index is 4.64. The minimum Gasteiger partial charge on any atom is -0.334 e. The molecule has 1 N–H and O–H groups in total. The van der Waals surface area contributed by atoms with Crippen LogP contribution in [-0.4, -0.2) is 10.9 Å². The summed E-state index contributed by atoms with van der Waals surface area (Å²) in [4.78, 5) is 4.64. The summed E-state index contributed by atoms with van der Waals surface area (Å²) in [6, 6.07) is 20.1. The minimum absolute atomic E-state index is 0.907. The summed E-state index contributed by atoms with van der Waals surface area (Å²) in [5.74, 6) is 1.05. The van der Waals surface area contributed by atoms with Crippen LogP contribution in [0, 0.1) is 0 Å². The van der Waals surface area contributed by atoms with Gasteiger partial charge < -0.3 is 5.32 Å². The lowest BCUT2D eigenvalue weighted by atomic mass is 10.3. The average Bonchev–Trinajstić information content (AvgIpc) is 2.47. The first-order valence-corrected chi connectivity index (χ1v) is 8.45. The zero-order valence-electron chi connectivity index (χ0n) is 10.7. The molecule has 19 heavy (non-hydrogen) atoms.